The first kappa shape index (κ1) is 17.1. The van der Waals surface area contributed by atoms with Crippen LogP contribution in [0.15, 0.2) is 36.4 Å². The Morgan fingerprint density at radius 1 is 1.41 bits per heavy atom. The predicted molar refractivity (Wildman–Crippen MR) is 90.8 cm³/mol. The summed E-state index contributed by atoms with van der Waals surface area (Å²) < 4.78 is 10.8. The first-order chi connectivity index (χ1) is 10.8. The zero-order chi connectivity index (χ0) is 15.6. The van der Waals surface area contributed by atoms with Gasteiger partial charge in [-0.05, 0) is 23.8 Å². The van der Waals surface area contributed by atoms with E-state index in [2.05, 4.69) is 29.7 Å². The summed E-state index contributed by atoms with van der Waals surface area (Å²) in [6.45, 7) is 2.64. The third kappa shape index (κ3) is 5.83. The van der Waals surface area contributed by atoms with Crippen LogP contribution < -0.4 is 0 Å². The summed E-state index contributed by atoms with van der Waals surface area (Å²) in [4.78, 5) is 13.8. The number of benzene rings is 1. The molecule has 1 aromatic carbocycles. The van der Waals surface area contributed by atoms with Crippen molar-refractivity contribution in [2.24, 2.45) is 0 Å². The van der Waals surface area contributed by atoms with Gasteiger partial charge in [-0.15, -0.1) is 0 Å². The molecule has 1 atom stereocenters. The third-order valence-corrected chi connectivity index (χ3v) is 3.76. The van der Waals surface area contributed by atoms with E-state index in [4.69, 9.17) is 9.47 Å². The molecule has 1 unspecified atom stereocenters. The zero-order valence-corrected chi connectivity index (χ0v) is 13.6. The van der Waals surface area contributed by atoms with Gasteiger partial charge in [0.1, 0.15) is 6.23 Å². The quantitative estimate of drug-likeness (QED) is 0.454. The molecule has 0 amide bonds. The van der Waals surface area contributed by atoms with E-state index in [0.717, 1.165) is 24.3 Å². The molecule has 120 valence electrons. The largest absolute Gasteiger partial charge is 0.466 e. The topological polar surface area (TPSA) is 38.8 Å². The van der Waals surface area contributed by atoms with E-state index in [9.17, 15) is 4.79 Å². The molecule has 1 saturated heterocycles. The zero-order valence-electron chi connectivity index (χ0n) is 12.7. The Kier molecular flexibility index (Phi) is 7.49. The van der Waals surface area contributed by atoms with Gasteiger partial charge >= 0.3 is 5.97 Å². The number of nitrogens with zero attached hydrogens (tertiary/aromatic N) is 1. The van der Waals surface area contributed by atoms with Crippen molar-refractivity contribution in [2.45, 2.75) is 19.1 Å². The third-order valence-electron chi connectivity index (χ3n) is 3.45. The molecule has 0 aromatic heterocycles. The number of hydrogen-bond donors (Lipinski definition) is 1. The van der Waals surface area contributed by atoms with Gasteiger partial charge in [-0.1, -0.05) is 36.4 Å². The van der Waals surface area contributed by atoms with Gasteiger partial charge in [0, 0.05) is 13.1 Å². The highest BCUT2D eigenvalue weighted by Gasteiger charge is 2.23. The van der Waals surface area contributed by atoms with Crippen LogP contribution >= 0.6 is 12.6 Å². The summed E-state index contributed by atoms with van der Waals surface area (Å²) in [7, 11) is 0. The van der Waals surface area contributed by atoms with Crippen molar-refractivity contribution in [3.8, 4) is 0 Å². The lowest BCUT2D eigenvalue weighted by Crippen LogP contribution is -2.31. The van der Waals surface area contributed by atoms with Gasteiger partial charge in [-0.3, -0.25) is 9.69 Å². The van der Waals surface area contributed by atoms with Crippen molar-refractivity contribution in [1.29, 1.82) is 0 Å². The molecule has 0 N–H and O–H groups in total. The number of esters is 1. The average molecular weight is 321 g/mol. The van der Waals surface area contributed by atoms with Crippen LogP contribution in [-0.2, 0) is 14.3 Å². The van der Waals surface area contributed by atoms with Crippen LogP contribution in [0.5, 0.6) is 0 Å². The molecule has 0 aliphatic carbocycles. The van der Waals surface area contributed by atoms with Gasteiger partial charge in [0.2, 0.25) is 0 Å². The summed E-state index contributed by atoms with van der Waals surface area (Å²) in [6.07, 6.45) is 5.21. The van der Waals surface area contributed by atoms with E-state index in [1.807, 2.05) is 30.4 Å². The lowest BCUT2D eigenvalue weighted by Gasteiger charge is -2.19. The number of hydrogen-bond acceptors (Lipinski definition) is 5. The minimum absolute atomic E-state index is 0.0644. The molecule has 0 spiro atoms. The Labute approximate surface area is 137 Å². The summed E-state index contributed by atoms with van der Waals surface area (Å²) in [5.74, 6) is 0.582. The van der Waals surface area contributed by atoms with Gasteiger partial charge in [-0.25, -0.2) is 0 Å². The molecule has 1 fully saturated rings. The highest BCUT2D eigenvalue weighted by atomic mass is 32.1. The normalized spacial score (nSPS) is 18.9. The van der Waals surface area contributed by atoms with Gasteiger partial charge in [0.15, 0.2) is 0 Å². The molecular weight excluding hydrogens is 298 g/mol. The molecule has 1 aliphatic heterocycles. The summed E-state index contributed by atoms with van der Waals surface area (Å²) in [6, 6.07) is 10.1. The molecule has 2 rings (SSSR count). The summed E-state index contributed by atoms with van der Waals surface area (Å²) in [5, 5.41) is 0. The van der Waals surface area contributed by atoms with Gasteiger partial charge in [0.05, 0.1) is 19.6 Å². The fourth-order valence-electron chi connectivity index (χ4n) is 2.25. The van der Waals surface area contributed by atoms with E-state index in [1.165, 1.54) is 0 Å². The molecular formula is C17H23NO3S. The second kappa shape index (κ2) is 9.66. The van der Waals surface area contributed by atoms with Gasteiger partial charge in [-0.2, -0.15) is 12.6 Å². The number of ether oxygens (including phenoxy) is 2. The van der Waals surface area contributed by atoms with Crippen LogP contribution in [-0.4, -0.2) is 49.2 Å². The molecule has 0 saturated carbocycles. The minimum atomic E-state index is -0.153. The van der Waals surface area contributed by atoms with Crippen molar-refractivity contribution in [2.75, 3.05) is 32.1 Å². The second-order valence-corrected chi connectivity index (χ2v) is 5.56. The Hall–Kier alpha value is -1.30. The second-order valence-electron chi connectivity index (χ2n) is 5.11. The summed E-state index contributed by atoms with van der Waals surface area (Å²) >= 11 is 4.09. The van der Waals surface area contributed by atoms with E-state index in [-0.39, 0.29) is 12.2 Å². The molecule has 0 bridgehead atoms. The first-order valence-electron chi connectivity index (χ1n) is 7.65. The van der Waals surface area contributed by atoms with Gasteiger partial charge < -0.3 is 9.47 Å². The molecule has 0 radical (unpaired) electrons. The van der Waals surface area contributed by atoms with Crippen LogP contribution in [0.4, 0.5) is 0 Å². The van der Waals surface area contributed by atoms with Crippen molar-refractivity contribution in [3.63, 3.8) is 0 Å². The Morgan fingerprint density at radius 2 is 2.23 bits per heavy atom. The monoisotopic (exact) mass is 321 g/mol. The molecule has 1 heterocycles. The highest BCUT2D eigenvalue weighted by molar-refractivity contribution is 7.80. The molecule has 5 heteroatoms. The van der Waals surface area contributed by atoms with Gasteiger partial charge in [0.25, 0.3) is 0 Å². The molecule has 1 aromatic rings. The lowest BCUT2D eigenvalue weighted by molar-refractivity contribution is -0.144. The summed E-state index contributed by atoms with van der Waals surface area (Å²) in [5.41, 5.74) is 1.14. The fourth-order valence-corrected chi connectivity index (χ4v) is 2.38. The van der Waals surface area contributed by atoms with Crippen LogP contribution in [0.1, 0.15) is 18.4 Å². The van der Waals surface area contributed by atoms with Crippen LogP contribution in [0.2, 0.25) is 0 Å². The highest BCUT2D eigenvalue weighted by Crippen LogP contribution is 2.14. The number of rotatable bonds is 8. The van der Waals surface area contributed by atoms with Crippen LogP contribution in [0.25, 0.3) is 6.08 Å². The minimum Gasteiger partial charge on any atom is -0.466 e. The van der Waals surface area contributed by atoms with Crippen molar-refractivity contribution in [1.82, 2.24) is 4.90 Å². The Bertz CT molecular complexity index is 478. The number of carbonyl (C=O) groups excluding carboxylic acids is 1. The van der Waals surface area contributed by atoms with E-state index in [0.29, 0.717) is 26.2 Å². The molecule has 1 aliphatic rings. The average Bonchev–Trinajstić information content (AvgIpc) is 3.00. The maximum atomic E-state index is 11.6. The number of thiol groups is 1. The maximum absolute atomic E-state index is 11.6. The smallest absolute Gasteiger partial charge is 0.307 e. The lowest BCUT2D eigenvalue weighted by atomic mass is 10.2. The number of carbonyl (C=O) groups is 1. The Morgan fingerprint density at radius 3 is 3.00 bits per heavy atom. The first-order valence-corrected chi connectivity index (χ1v) is 8.28. The van der Waals surface area contributed by atoms with Crippen LogP contribution in [0.3, 0.4) is 0 Å². The Balaban J connectivity index is 1.76. The maximum Gasteiger partial charge on any atom is 0.307 e. The fraction of sp³-hybridized carbons (Fsp3) is 0.471. The van der Waals surface area contributed by atoms with E-state index < -0.39 is 0 Å². The predicted octanol–water partition coefficient (Wildman–Crippen LogP) is 2.61. The van der Waals surface area contributed by atoms with Crippen molar-refractivity contribution < 1.29 is 14.3 Å². The van der Waals surface area contributed by atoms with Crippen molar-refractivity contribution >= 4 is 24.7 Å². The molecule has 4 nitrogen and oxygen atoms in total. The standard InChI is InChI=1S/C17H23NO3S/c19-17(21-12-4-14-22)9-10-18-11-13-20-16(18)8-7-15-5-2-1-3-6-15/h1-3,5-8,16,22H,4,9-14H2/b8-7+. The van der Waals surface area contributed by atoms with Crippen LogP contribution in [0, 0.1) is 0 Å². The van der Waals surface area contributed by atoms with Crippen molar-refractivity contribution in [3.05, 3.63) is 42.0 Å². The van der Waals surface area contributed by atoms with E-state index >= 15 is 0 Å². The molecule has 22 heavy (non-hydrogen) atoms. The van der Waals surface area contributed by atoms with E-state index in [1.54, 1.807) is 0 Å². The SMILES string of the molecule is O=C(CCN1CCOC1/C=C/c1ccccc1)OCCCS.